The van der Waals surface area contributed by atoms with Gasteiger partial charge in [-0.05, 0) is 49.1 Å². The fourth-order valence-electron chi connectivity index (χ4n) is 3.10. The quantitative estimate of drug-likeness (QED) is 0.846. The lowest BCUT2D eigenvalue weighted by molar-refractivity contribution is 0.278. The molecule has 1 unspecified atom stereocenters. The second kappa shape index (κ2) is 7.51. The fourth-order valence-corrected chi connectivity index (χ4v) is 3.10. The van der Waals surface area contributed by atoms with Crippen molar-refractivity contribution in [1.82, 2.24) is 4.90 Å². The monoisotopic (exact) mass is 338 g/mol. The number of rotatable bonds is 5. The molecule has 0 aromatic heterocycles. The molecule has 1 N–H and O–H groups in total. The number of halogens is 1. The van der Waals surface area contributed by atoms with Gasteiger partial charge in [-0.3, -0.25) is 4.99 Å². The van der Waals surface area contributed by atoms with Gasteiger partial charge in [-0.1, -0.05) is 37.3 Å². The molecule has 25 heavy (non-hydrogen) atoms. The first kappa shape index (κ1) is 17.2. The molecular formula is C21H23FN2O. The van der Waals surface area contributed by atoms with Gasteiger partial charge >= 0.3 is 0 Å². The number of hydrogen-bond acceptors (Lipinski definition) is 3. The molecule has 1 aliphatic heterocycles. The fraction of sp³-hybridized carbons (Fsp3) is 0.286. The third kappa shape index (κ3) is 3.90. The molecule has 2 aromatic rings. The van der Waals surface area contributed by atoms with Crippen LogP contribution >= 0.6 is 0 Å². The highest BCUT2D eigenvalue weighted by Crippen LogP contribution is 2.33. The Morgan fingerprint density at radius 2 is 1.84 bits per heavy atom. The van der Waals surface area contributed by atoms with E-state index in [2.05, 4.69) is 18.0 Å². The summed E-state index contributed by atoms with van der Waals surface area (Å²) < 4.78 is 13.1. The summed E-state index contributed by atoms with van der Waals surface area (Å²) in [7, 11) is 0. The van der Waals surface area contributed by atoms with Gasteiger partial charge in [-0.2, -0.15) is 0 Å². The number of phenolic OH excluding ortho intramolecular Hbond substituents is 1. The van der Waals surface area contributed by atoms with E-state index >= 15 is 0 Å². The predicted octanol–water partition coefficient (Wildman–Crippen LogP) is 4.84. The zero-order valence-corrected chi connectivity index (χ0v) is 14.6. The number of benzene rings is 2. The summed E-state index contributed by atoms with van der Waals surface area (Å²) in [6.07, 6.45) is 3.60. The number of hydrogen-bond donors (Lipinski definition) is 1. The molecule has 0 radical (unpaired) electrons. The van der Waals surface area contributed by atoms with Gasteiger partial charge in [0.15, 0.2) is 6.17 Å². The van der Waals surface area contributed by atoms with E-state index in [0.717, 1.165) is 36.2 Å². The Morgan fingerprint density at radius 3 is 2.52 bits per heavy atom. The van der Waals surface area contributed by atoms with Crippen molar-refractivity contribution >= 4 is 5.71 Å². The van der Waals surface area contributed by atoms with Crippen LogP contribution in [-0.4, -0.2) is 22.3 Å². The molecule has 0 spiro atoms. The van der Waals surface area contributed by atoms with Crippen molar-refractivity contribution in [3.63, 3.8) is 0 Å². The summed E-state index contributed by atoms with van der Waals surface area (Å²) in [5, 5.41) is 10.2. The molecule has 130 valence electrons. The number of aromatic hydroxyl groups is 1. The number of phenols is 1. The molecule has 2 aromatic carbocycles. The van der Waals surface area contributed by atoms with Crippen LogP contribution in [0.4, 0.5) is 4.39 Å². The summed E-state index contributed by atoms with van der Waals surface area (Å²) in [6, 6.07) is 13.9. The van der Waals surface area contributed by atoms with Crippen LogP contribution < -0.4 is 0 Å². The zero-order valence-electron chi connectivity index (χ0n) is 14.6. The molecule has 0 saturated carbocycles. The Labute approximate surface area is 148 Å². The van der Waals surface area contributed by atoms with Gasteiger partial charge in [0.25, 0.3) is 0 Å². The third-order valence-electron chi connectivity index (χ3n) is 4.58. The Kier molecular flexibility index (Phi) is 5.17. The second-order valence-electron chi connectivity index (χ2n) is 6.27. The lowest BCUT2D eigenvalue weighted by atomic mass is 10.0. The molecular weight excluding hydrogens is 315 g/mol. The molecule has 3 rings (SSSR count). The van der Waals surface area contributed by atoms with Crippen LogP contribution in [0.5, 0.6) is 5.75 Å². The van der Waals surface area contributed by atoms with E-state index in [9.17, 15) is 9.50 Å². The summed E-state index contributed by atoms with van der Waals surface area (Å²) in [5.74, 6) is 0.0337. The molecule has 1 atom stereocenters. The Balaban J connectivity index is 1.85. The zero-order chi connectivity index (χ0) is 17.8. The average molecular weight is 338 g/mol. The van der Waals surface area contributed by atoms with Crippen LogP contribution in [0.1, 0.15) is 37.6 Å². The van der Waals surface area contributed by atoms with Crippen LogP contribution in [-0.2, 0) is 6.42 Å². The maximum absolute atomic E-state index is 13.1. The van der Waals surface area contributed by atoms with Crippen molar-refractivity contribution < 1.29 is 9.50 Å². The molecule has 0 amide bonds. The van der Waals surface area contributed by atoms with Gasteiger partial charge in [0.2, 0.25) is 0 Å². The molecule has 0 fully saturated rings. The van der Waals surface area contributed by atoms with E-state index in [4.69, 9.17) is 4.99 Å². The lowest BCUT2D eigenvalue weighted by Crippen LogP contribution is -2.30. The SMILES string of the molecule is CCC1=CN(CCc2ccc(F)cc2)C(c2ccccc2O)N=C1C. The molecule has 0 aliphatic carbocycles. The molecule has 3 nitrogen and oxygen atoms in total. The van der Waals surface area contributed by atoms with Crippen molar-refractivity contribution in [1.29, 1.82) is 0 Å². The van der Waals surface area contributed by atoms with E-state index in [0.29, 0.717) is 0 Å². The Bertz CT molecular complexity index is 796. The van der Waals surface area contributed by atoms with Gasteiger partial charge in [0.05, 0.1) is 0 Å². The van der Waals surface area contributed by atoms with E-state index < -0.39 is 0 Å². The van der Waals surface area contributed by atoms with Crippen molar-refractivity contribution in [2.24, 2.45) is 4.99 Å². The highest BCUT2D eigenvalue weighted by Gasteiger charge is 2.24. The first-order valence-corrected chi connectivity index (χ1v) is 8.62. The summed E-state index contributed by atoms with van der Waals surface area (Å²) >= 11 is 0. The van der Waals surface area contributed by atoms with Crippen LogP contribution in [0.25, 0.3) is 0 Å². The van der Waals surface area contributed by atoms with E-state index in [1.54, 1.807) is 6.07 Å². The average Bonchev–Trinajstić information content (AvgIpc) is 2.62. The maximum atomic E-state index is 13.1. The normalized spacial score (nSPS) is 17.2. The van der Waals surface area contributed by atoms with Gasteiger partial charge in [-0.25, -0.2) is 4.39 Å². The molecule has 1 heterocycles. The standard InChI is InChI=1S/C21H23FN2O/c1-3-17-14-24(13-12-16-8-10-18(22)11-9-16)21(23-15(17)2)19-6-4-5-7-20(19)25/h4-11,14,21,25H,3,12-13H2,1-2H3. The van der Waals surface area contributed by atoms with Crippen molar-refractivity contribution in [2.75, 3.05) is 6.54 Å². The molecule has 1 aliphatic rings. The van der Waals surface area contributed by atoms with Crippen molar-refractivity contribution in [3.8, 4) is 5.75 Å². The van der Waals surface area contributed by atoms with E-state index in [1.165, 1.54) is 17.7 Å². The molecule has 4 heteroatoms. The maximum Gasteiger partial charge on any atom is 0.150 e. The minimum Gasteiger partial charge on any atom is -0.508 e. The minimum absolute atomic E-state index is 0.220. The van der Waals surface area contributed by atoms with Gasteiger partial charge in [0, 0.05) is 24.0 Å². The highest BCUT2D eigenvalue weighted by molar-refractivity contribution is 5.98. The van der Waals surface area contributed by atoms with Crippen LogP contribution in [0, 0.1) is 5.82 Å². The molecule has 0 bridgehead atoms. The number of nitrogens with zero attached hydrogens (tertiary/aromatic N) is 2. The first-order valence-electron chi connectivity index (χ1n) is 8.62. The number of para-hydroxylation sites is 1. The number of allylic oxidation sites excluding steroid dienone is 1. The molecule has 0 saturated heterocycles. The lowest BCUT2D eigenvalue weighted by Gasteiger charge is -2.33. The largest absolute Gasteiger partial charge is 0.508 e. The van der Waals surface area contributed by atoms with Crippen LogP contribution in [0.2, 0.25) is 0 Å². The summed E-state index contributed by atoms with van der Waals surface area (Å²) in [4.78, 5) is 6.98. The second-order valence-corrected chi connectivity index (χ2v) is 6.27. The van der Waals surface area contributed by atoms with Crippen LogP contribution in [0.15, 0.2) is 65.3 Å². The van der Waals surface area contributed by atoms with Crippen molar-refractivity contribution in [3.05, 3.63) is 77.2 Å². The minimum atomic E-state index is -0.239. The van der Waals surface area contributed by atoms with Gasteiger partial charge in [-0.15, -0.1) is 0 Å². The van der Waals surface area contributed by atoms with E-state index in [-0.39, 0.29) is 17.7 Å². The Morgan fingerprint density at radius 1 is 1.12 bits per heavy atom. The third-order valence-corrected chi connectivity index (χ3v) is 4.58. The first-order chi connectivity index (χ1) is 12.1. The topological polar surface area (TPSA) is 35.8 Å². The summed E-state index contributed by atoms with van der Waals surface area (Å²) in [5.41, 5.74) is 4.09. The van der Waals surface area contributed by atoms with Gasteiger partial charge in [0.1, 0.15) is 11.6 Å². The smallest absolute Gasteiger partial charge is 0.150 e. The van der Waals surface area contributed by atoms with Crippen LogP contribution in [0.3, 0.4) is 0 Å². The Hall–Kier alpha value is -2.62. The number of aliphatic imine (C=N–C) groups is 1. The summed E-state index contributed by atoms with van der Waals surface area (Å²) in [6.45, 7) is 4.87. The highest BCUT2D eigenvalue weighted by atomic mass is 19.1. The van der Waals surface area contributed by atoms with E-state index in [1.807, 2.05) is 37.3 Å². The van der Waals surface area contributed by atoms with Gasteiger partial charge < -0.3 is 10.0 Å². The van der Waals surface area contributed by atoms with Crippen molar-refractivity contribution in [2.45, 2.75) is 32.9 Å². The predicted molar refractivity (Wildman–Crippen MR) is 99.1 cm³/mol.